The number of anilines is 1. The quantitative estimate of drug-likeness (QED) is 0.860. The van der Waals surface area contributed by atoms with E-state index in [-0.39, 0.29) is 0 Å². The van der Waals surface area contributed by atoms with Crippen LogP contribution in [0.2, 0.25) is 5.02 Å². The van der Waals surface area contributed by atoms with Gasteiger partial charge in [-0.15, -0.1) is 0 Å². The van der Waals surface area contributed by atoms with Crippen molar-refractivity contribution in [1.82, 2.24) is 4.98 Å². The molecule has 0 unspecified atom stereocenters. The largest absolute Gasteiger partial charge is 0.355 e. The van der Waals surface area contributed by atoms with Gasteiger partial charge in [0.25, 0.3) is 0 Å². The highest BCUT2D eigenvalue weighted by Gasteiger charge is 2.13. The maximum Gasteiger partial charge on any atom is 0.129 e. The lowest BCUT2D eigenvalue weighted by molar-refractivity contribution is 0.829. The molecule has 1 fully saturated rings. The monoisotopic (exact) mass is 243 g/mol. The highest BCUT2D eigenvalue weighted by molar-refractivity contribution is 7.99. The molecule has 1 aromatic rings. The minimum absolute atomic E-state index is 0.398. The molecule has 5 heteroatoms. The van der Waals surface area contributed by atoms with Crippen LogP contribution in [0.25, 0.3) is 0 Å². The van der Waals surface area contributed by atoms with Crippen LogP contribution in [0.3, 0.4) is 0 Å². The minimum Gasteiger partial charge on any atom is -0.355 e. The molecule has 1 aliphatic heterocycles. The molecule has 0 bridgehead atoms. The summed E-state index contributed by atoms with van der Waals surface area (Å²) in [6.45, 7) is 2.52. The van der Waals surface area contributed by atoms with Crippen LogP contribution in [0.1, 0.15) is 5.69 Å². The third kappa shape index (κ3) is 2.56. The van der Waals surface area contributed by atoms with Gasteiger partial charge in [-0.2, -0.15) is 11.8 Å². The first-order chi connectivity index (χ1) is 7.31. The molecule has 1 aromatic heterocycles. The Morgan fingerprint density at radius 3 is 2.80 bits per heavy atom. The fourth-order valence-corrected chi connectivity index (χ4v) is 2.67. The zero-order chi connectivity index (χ0) is 10.7. The lowest BCUT2D eigenvalue weighted by Gasteiger charge is -2.27. The van der Waals surface area contributed by atoms with Crippen LogP contribution in [-0.2, 0) is 6.54 Å². The number of nitrogens with zero attached hydrogens (tertiary/aromatic N) is 2. The number of aromatic nitrogens is 1. The van der Waals surface area contributed by atoms with Gasteiger partial charge in [0.1, 0.15) is 5.82 Å². The molecule has 0 aliphatic carbocycles. The molecule has 15 heavy (non-hydrogen) atoms. The van der Waals surface area contributed by atoms with E-state index in [4.69, 9.17) is 17.3 Å². The van der Waals surface area contributed by atoms with Crippen molar-refractivity contribution in [3.8, 4) is 0 Å². The Morgan fingerprint density at radius 2 is 2.13 bits per heavy atom. The molecule has 1 aliphatic rings. The normalized spacial score (nSPS) is 16.8. The number of hydrogen-bond acceptors (Lipinski definition) is 4. The van der Waals surface area contributed by atoms with Crippen LogP contribution in [0, 0.1) is 0 Å². The highest BCUT2D eigenvalue weighted by atomic mass is 35.5. The first-order valence-electron chi connectivity index (χ1n) is 4.99. The number of nitrogens with two attached hydrogens (primary N) is 1. The van der Waals surface area contributed by atoms with Crippen molar-refractivity contribution in [1.29, 1.82) is 0 Å². The zero-order valence-corrected chi connectivity index (χ0v) is 10.0. The van der Waals surface area contributed by atoms with Crippen LogP contribution < -0.4 is 10.6 Å². The van der Waals surface area contributed by atoms with Gasteiger partial charge in [0.15, 0.2) is 0 Å². The summed E-state index contributed by atoms with van der Waals surface area (Å²) >= 11 is 7.96. The molecule has 0 spiro atoms. The average molecular weight is 244 g/mol. The van der Waals surface area contributed by atoms with Gasteiger partial charge >= 0.3 is 0 Å². The third-order valence-corrected chi connectivity index (χ3v) is 3.72. The number of rotatable bonds is 2. The Hall–Kier alpha value is -0.450. The number of halogens is 1. The topological polar surface area (TPSA) is 42.1 Å². The van der Waals surface area contributed by atoms with Crippen LogP contribution in [0.4, 0.5) is 5.82 Å². The van der Waals surface area contributed by atoms with Gasteiger partial charge in [-0.05, 0) is 12.1 Å². The summed E-state index contributed by atoms with van der Waals surface area (Å²) in [6.07, 6.45) is 0. The predicted molar refractivity (Wildman–Crippen MR) is 66.7 cm³/mol. The molecule has 1 saturated heterocycles. The van der Waals surface area contributed by atoms with Gasteiger partial charge in [-0.1, -0.05) is 11.6 Å². The summed E-state index contributed by atoms with van der Waals surface area (Å²) < 4.78 is 0. The van der Waals surface area contributed by atoms with E-state index < -0.39 is 0 Å². The maximum atomic E-state index is 5.97. The van der Waals surface area contributed by atoms with Crippen molar-refractivity contribution >= 4 is 29.2 Å². The summed E-state index contributed by atoms with van der Waals surface area (Å²) in [5.74, 6) is 3.34. The van der Waals surface area contributed by atoms with Crippen LogP contribution >= 0.6 is 23.4 Å². The molecule has 0 saturated carbocycles. The van der Waals surface area contributed by atoms with Gasteiger partial charge in [0.2, 0.25) is 0 Å². The molecule has 82 valence electrons. The summed E-state index contributed by atoms with van der Waals surface area (Å²) in [5, 5.41) is 0.660. The fourth-order valence-electron chi connectivity index (χ4n) is 1.58. The fraction of sp³-hybridized carbons (Fsp3) is 0.500. The smallest absolute Gasteiger partial charge is 0.129 e. The van der Waals surface area contributed by atoms with Gasteiger partial charge in [0.05, 0.1) is 10.7 Å². The van der Waals surface area contributed by atoms with E-state index in [0.717, 1.165) is 24.6 Å². The second-order valence-electron chi connectivity index (χ2n) is 3.40. The molecule has 0 amide bonds. The second kappa shape index (κ2) is 5.05. The maximum absolute atomic E-state index is 5.97. The first kappa shape index (κ1) is 11.0. The molecule has 2 heterocycles. The lowest BCUT2D eigenvalue weighted by atomic mass is 10.3. The standard InChI is InChI=1S/C10H14ClN3S/c11-8-1-2-10(13-9(8)7-12)14-3-5-15-6-4-14/h1-2H,3-7,12H2. The van der Waals surface area contributed by atoms with Crippen molar-refractivity contribution in [2.24, 2.45) is 5.73 Å². The third-order valence-electron chi connectivity index (χ3n) is 2.43. The summed E-state index contributed by atoms with van der Waals surface area (Å²) in [6, 6.07) is 3.85. The predicted octanol–water partition coefficient (Wildman–Crippen LogP) is 1.75. The zero-order valence-electron chi connectivity index (χ0n) is 8.45. The first-order valence-corrected chi connectivity index (χ1v) is 6.52. The summed E-state index contributed by atoms with van der Waals surface area (Å²) in [4.78, 5) is 6.76. The van der Waals surface area contributed by atoms with E-state index in [9.17, 15) is 0 Å². The Bertz CT molecular complexity index is 339. The van der Waals surface area contributed by atoms with Gasteiger partial charge in [-0.3, -0.25) is 0 Å². The van der Waals surface area contributed by atoms with Crippen molar-refractivity contribution in [2.45, 2.75) is 6.54 Å². The molecule has 2 N–H and O–H groups in total. The Morgan fingerprint density at radius 1 is 1.40 bits per heavy atom. The molecular formula is C10H14ClN3S. The van der Waals surface area contributed by atoms with Gasteiger partial charge < -0.3 is 10.6 Å². The molecule has 2 rings (SSSR count). The minimum atomic E-state index is 0.398. The van der Waals surface area contributed by atoms with Gasteiger partial charge in [0, 0.05) is 31.1 Å². The second-order valence-corrected chi connectivity index (χ2v) is 5.03. The Kier molecular flexibility index (Phi) is 3.72. The molecule has 0 radical (unpaired) electrons. The van der Waals surface area contributed by atoms with Crippen molar-refractivity contribution in [3.63, 3.8) is 0 Å². The molecule has 0 aromatic carbocycles. The summed E-state index contributed by atoms with van der Waals surface area (Å²) in [7, 11) is 0. The van der Waals surface area contributed by atoms with E-state index in [1.54, 1.807) is 0 Å². The van der Waals surface area contributed by atoms with Crippen molar-refractivity contribution < 1.29 is 0 Å². The molecule has 0 atom stereocenters. The van der Waals surface area contributed by atoms with Crippen LogP contribution in [-0.4, -0.2) is 29.6 Å². The van der Waals surface area contributed by atoms with E-state index in [1.165, 1.54) is 11.5 Å². The Balaban J connectivity index is 2.20. The van der Waals surface area contributed by atoms with Crippen molar-refractivity contribution in [2.75, 3.05) is 29.5 Å². The average Bonchev–Trinajstić information content (AvgIpc) is 2.31. The van der Waals surface area contributed by atoms with Gasteiger partial charge in [-0.25, -0.2) is 4.98 Å². The summed E-state index contributed by atoms with van der Waals surface area (Å²) in [5.41, 5.74) is 6.36. The van der Waals surface area contributed by atoms with E-state index in [0.29, 0.717) is 11.6 Å². The van der Waals surface area contributed by atoms with E-state index >= 15 is 0 Å². The number of thioether (sulfide) groups is 1. The van der Waals surface area contributed by atoms with Crippen molar-refractivity contribution in [3.05, 3.63) is 22.8 Å². The van der Waals surface area contributed by atoms with E-state index in [1.807, 2.05) is 23.9 Å². The lowest BCUT2D eigenvalue weighted by Crippen LogP contribution is -2.33. The molecular weight excluding hydrogens is 230 g/mol. The molecule has 3 nitrogen and oxygen atoms in total. The number of pyridine rings is 1. The highest BCUT2D eigenvalue weighted by Crippen LogP contribution is 2.21. The van der Waals surface area contributed by atoms with Crippen LogP contribution in [0.5, 0.6) is 0 Å². The van der Waals surface area contributed by atoms with Crippen LogP contribution in [0.15, 0.2) is 12.1 Å². The SMILES string of the molecule is NCc1nc(N2CCSCC2)ccc1Cl. The number of hydrogen-bond donors (Lipinski definition) is 1. The van der Waals surface area contributed by atoms with E-state index in [2.05, 4.69) is 9.88 Å². The Labute approximate surface area is 99.0 Å².